The van der Waals surface area contributed by atoms with Crippen molar-refractivity contribution in [2.45, 2.75) is 77.8 Å². The fourth-order valence-corrected chi connectivity index (χ4v) is 2.25. The van der Waals surface area contributed by atoms with Crippen LogP contribution in [0.3, 0.4) is 0 Å². The molecule has 0 unspecified atom stereocenters. The lowest BCUT2D eigenvalue weighted by atomic mass is 9.81. The van der Waals surface area contributed by atoms with Gasteiger partial charge in [0.25, 0.3) is 0 Å². The molecule has 0 amide bonds. The molecule has 1 aliphatic rings. The zero-order valence-corrected chi connectivity index (χ0v) is 16.1. The minimum absolute atomic E-state index is 0.569. The van der Waals surface area contributed by atoms with Gasteiger partial charge in [0.15, 0.2) is 0 Å². The summed E-state index contributed by atoms with van der Waals surface area (Å²) in [6.45, 7) is 13.2. The number of hydrogen-bond acceptors (Lipinski definition) is 4. The van der Waals surface area contributed by atoms with Gasteiger partial charge in [-0.1, -0.05) is 24.3 Å². The molecule has 0 aromatic rings. The van der Waals surface area contributed by atoms with Crippen LogP contribution in [0.25, 0.3) is 0 Å². The van der Waals surface area contributed by atoms with Gasteiger partial charge in [-0.2, -0.15) is 0 Å². The van der Waals surface area contributed by atoms with Crippen LogP contribution in [0.2, 0.25) is 0 Å². The van der Waals surface area contributed by atoms with Crippen LogP contribution in [0.5, 0.6) is 0 Å². The molecule has 0 saturated carbocycles. The second kappa shape index (κ2) is 6.26. The van der Waals surface area contributed by atoms with Crippen LogP contribution in [0.15, 0.2) is 46.6 Å². The number of hydrogen-bond donors (Lipinski definition) is 4. The van der Waals surface area contributed by atoms with E-state index in [1.165, 1.54) is 0 Å². The van der Waals surface area contributed by atoms with E-state index in [2.05, 4.69) is 0 Å². The number of rotatable bonds is 4. The van der Waals surface area contributed by atoms with Crippen molar-refractivity contribution in [3.05, 3.63) is 46.6 Å². The normalized spacial score (nSPS) is 22.5. The minimum Gasteiger partial charge on any atom is -0.386 e. The Balaban J connectivity index is 3.76. The molecule has 1 rings (SSSR count). The van der Waals surface area contributed by atoms with Crippen molar-refractivity contribution in [3.8, 4) is 0 Å². The van der Waals surface area contributed by atoms with Gasteiger partial charge in [0.1, 0.15) is 0 Å². The van der Waals surface area contributed by atoms with Gasteiger partial charge in [-0.05, 0) is 77.7 Å². The van der Waals surface area contributed by atoms with Gasteiger partial charge in [-0.15, -0.1) is 0 Å². The molecule has 24 heavy (non-hydrogen) atoms. The quantitative estimate of drug-likeness (QED) is 0.636. The summed E-state index contributed by atoms with van der Waals surface area (Å²) in [7, 11) is 0. The lowest BCUT2D eigenvalue weighted by Crippen LogP contribution is -2.30. The van der Waals surface area contributed by atoms with Gasteiger partial charge in [-0.3, -0.25) is 0 Å². The Bertz CT molecular complexity index is 481. The maximum atomic E-state index is 10.5. The fourth-order valence-electron chi connectivity index (χ4n) is 2.25. The van der Waals surface area contributed by atoms with E-state index in [-0.39, 0.29) is 0 Å². The molecule has 0 saturated heterocycles. The van der Waals surface area contributed by atoms with Crippen LogP contribution < -0.4 is 0 Å². The van der Waals surface area contributed by atoms with Crippen molar-refractivity contribution in [3.63, 3.8) is 0 Å². The van der Waals surface area contributed by atoms with Crippen LogP contribution in [-0.4, -0.2) is 42.8 Å². The Labute approximate surface area is 145 Å². The first kappa shape index (κ1) is 20.8. The molecular formula is C20H32O4. The third kappa shape index (κ3) is 5.42. The summed E-state index contributed by atoms with van der Waals surface area (Å²) in [5.41, 5.74) is -2.33. The second-order valence-electron chi connectivity index (χ2n) is 8.63. The predicted molar refractivity (Wildman–Crippen MR) is 97.5 cm³/mol. The molecule has 4 heteroatoms. The smallest absolute Gasteiger partial charge is 0.0840 e. The fraction of sp³-hybridized carbons (Fsp3) is 0.600. The highest BCUT2D eigenvalue weighted by Crippen LogP contribution is 2.34. The molecule has 0 aliphatic heterocycles. The van der Waals surface area contributed by atoms with Crippen molar-refractivity contribution < 1.29 is 20.4 Å². The first-order valence-electron chi connectivity index (χ1n) is 8.20. The van der Waals surface area contributed by atoms with E-state index in [9.17, 15) is 20.4 Å². The zero-order valence-electron chi connectivity index (χ0n) is 16.1. The molecule has 0 fully saturated rings. The van der Waals surface area contributed by atoms with E-state index in [1.54, 1.807) is 79.7 Å². The zero-order chi connectivity index (χ0) is 19.1. The molecule has 0 spiro atoms. The van der Waals surface area contributed by atoms with Crippen molar-refractivity contribution in [1.82, 2.24) is 0 Å². The van der Waals surface area contributed by atoms with Crippen LogP contribution in [-0.2, 0) is 0 Å². The molecule has 0 bridgehead atoms. The third-order valence-electron chi connectivity index (χ3n) is 4.07. The lowest BCUT2D eigenvalue weighted by Gasteiger charge is -2.31. The first-order valence-corrected chi connectivity index (χ1v) is 8.20. The maximum absolute atomic E-state index is 10.5. The van der Waals surface area contributed by atoms with E-state index in [1.807, 2.05) is 0 Å². The third-order valence-corrected chi connectivity index (χ3v) is 4.07. The van der Waals surface area contributed by atoms with Crippen molar-refractivity contribution in [2.24, 2.45) is 0 Å². The first-order chi connectivity index (χ1) is 10.4. The van der Waals surface area contributed by atoms with E-state index < -0.39 is 22.4 Å². The van der Waals surface area contributed by atoms with Crippen molar-refractivity contribution >= 4 is 0 Å². The monoisotopic (exact) mass is 336 g/mol. The van der Waals surface area contributed by atoms with Gasteiger partial charge in [0.05, 0.1) is 22.4 Å². The van der Waals surface area contributed by atoms with Gasteiger partial charge in [0.2, 0.25) is 0 Å². The molecule has 1 aliphatic carbocycles. The summed E-state index contributed by atoms with van der Waals surface area (Å²) in [5.74, 6) is 0. The summed E-state index contributed by atoms with van der Waals surface area (Å²) in [6, 6.07) is 0. The summed E-state index contributed by atoms with van der Waals surface area (Å²) >= 11 is 0. The number of aliphatic hydroxyl groups is 4. The van der Waals surface area contributed by atoms with Crippen LogP contribution in [0.1, 0.15) is 55.4 Å². The standard InChI is InChI=1S/C20H32O4/c1-17(2,21)13-9-14(18(3,4)22)11-16(20(7,8)24)12-15(10-13)19(5,6)23/h9-12,21-24H,1-8H3/b13-9+,13-10?,14-9?,14-11+,15-10?,15-12?,16-11?,16-12?. The highest BCUT2D eigenvalue weighted by atomic mass is 16.3. The molecule has 0 aromatic carbocycles. The predicted octanol–water partition coefficient (Wildman–Crippen LogP) is 2.79. The average molecular weight is 336 g/mol. The maximum Gasteiger partial charge on any atom is 0.0840 e. The van der Waals surface area contributed by atoms with E-state index in [0.29, 0.717) is 22.3 Å². The molecule has 4 nitrogen and oxygen atoms in total. The second-order valence-corrected chi connectivity index (χ2v) is 8.63. The Hall–Kier alpha value is -1.20. The molecule has 0 heterocycles. The van der Waals surface area contributed by atoms with E-state index in [0.717, 1.165) is 0 Å². The topological polar surface area (TPSA) is 80.9 Å². The van der Waals surface area contributed by atoms with E-state index >= 15 is 0 Å². The Morgan fingerprint density at radius 1 is 0.417 bits per heavy atom. The molecule has 0 aromatic heterocycles. The van der Waals surface area contributed by atoms with Crippen LogP contribution in [0.4, 0.5) is 0 Å². The minimum atomic E-state index is -1.15. The van der Waals surface area contributed by atoms with Crippen molar-refractivity contribution in [2.75, 3.05) is 0 Å². The van der Waals surface area contributed by atoms with Gasteiger partial charge in [-0.25, -0.2) is 0 Å². The summed E-state index contributed by atoms with van der Waals surface area (Å²) in [5, 5.41) is 41.9. The van der Waals surface area contributed by atoms with Crippen LogP contribution >= 0.6 is 0 Å². The highest BCUT2D eigenvalue weighted by molar-refractivity contribution is 5.52. The summed E-state index contributed by atoms with van der Waals surface area (Å²) in [6.07, 6.45) is 6.85. The Morgan fingerprint density at radius 2 is 0.542 bits per heavy atom. The van der Waals surface area contributed by atoms with Crippen LogP contribution in [0, 0.1) is 0 Å². The average Bonchev–Trinajstić information content (AvgIpc) is 2.20. The summed E-state index contributed by atoms with van der Waals surface area (Å²) in [4.78, 5) is 0. The highest BCUT2D eigenvalue weighted by Gasteiger charge is 2.30. The lowest BCUT2D eigenvalue weighted by molar-refractivity contribution is 0.111. The molecule has 0 atom stereocenters. The van der Waals surface area contributed by atoms with Gasteiger partial charge >= 0.3 is 0 Å². The Morgan fingerprint density at radius 3 is 0.625 bits per heavy atom. The molecule has 4 N–H and O–H groups in total. The summed E-state index contributed by atoms with van der Waals surface area (Å²) < 4.78 is 0. The SMILES string of the molecule is CC(C)(O)C1=C/C(C(C)(C)O)=C\C(C(C)(C)O)=C/C(C(C)(C)O)=C1. The largest absolute Gasteiger partial charge is 0.386 e. The van der Waals surface area contributed by atoms with Crippen molar-refractivity contribution in [1.29, 1.82) is 0 Å². The van der Waals surface area contributed by atoms with Gasteiger partial charge < -0.3 is 20.4 Å². The molecule has 0 radical (unpaired) electrons. The molecule has 136 valence electrons. The molecular weight excluding hydrogens is 304 g/mol. The Kier molecular flexibility index (Phi) is 5.44. The van der Waals surface area contributed by atoms with Gasteiger partial charge in [0, 0.05) is 0 Å². The van der Waals surface area contributed by atoms with E-state index in [4.69, 9.17) is 0 Å².